The predicted octanol–water partition coefficient (Wildman–Crippen LogP) is 2.60. The molecule has 0 radical (unpaired) electrons. The van der Waals surface area contributed by atoms with Gasteiger partial charge in [-0.25, -0.2) is 0 Å². The third-order valence-corrected chi connectivity index (χ3v) is 4.64. The van der Waals surface area contributed by atoms with Crippen molar-refractivity contribution in [3.8, 4) is 0 Å². The summed E-state index contributed by atoms with van der Waals surface area (Å²) >= 11 is 1.54. The lowest BCUT2D eigenvalue weighted by molar-refractivity contribution is 0.0937. The second-order valence-corrected chi connectivity index (χ2v) is 6.29. The molecule has 100 valence electrons. The molecule has 0 saturated carbocycles. The second-order valence-electron chi connectivity index (χ2n) is 5.00. The van der Waals surface area contributed by atoms with Crippen molar-refractivity contribution in [1.82, 2.24) is 15.1 Å². The second kappa shape index (κ2) is 4.81. The zero-order chi connectivity index (χ0) is 13.4. The van der Waals surface area contributed by atoms with E-state index in [1.807, 2.05) is 37.0 Å². The van der Waals surface area contributed by atoms with Crippen molar-refractivity contribution < 1.29 is 4.79 Å². The smallest absolute Gasteiger partial charge is 0.261 e. The van der Waals surface area contributed by atoms with E-state index in [9.17, 15) is 4.79 Å². The number of thiophene rings is 1. The van der Waals surface area contributed by atoms with Crippen LogP contribution in [0, 0.1) is 6.92 Å². The van der Waals surface area contributed by atoms with Gasteiger partial charge in [-0.05, 0) is 38.3 Å². The summed E-state index contributed by atoms with van der Waals surface area (Å²) in [6.07, 6.45) is 5.03. The molecule has 2 heterocycles. The molecule has 2 aromatic heterocycles. The highest BCUT2D eigenvalue weighted by atomic mass is 32.1. The van der Waals surface area contributed by atoms with Crippen LogP contribution in [0.2, 0.25) is 0 Å². The molecule has 1 amide bonds. The number of fused-ring (bicyclic) bond motifs is 1. The van der Waals surface area contributed by atoms with Crippen molar-refractivity contribution in [3.63, 3.8) is 0 Å². The summed E-state index contributed by atoms with van der Waals surface area (Å²) in [4.78, 5) is 14.2. The van der Waals surface area contributed by atoms with Gasteiger partial charge in [-0.15, -0.1) is 11.3 Å². The fourth-order valence-corrected chi connectivity index (χ4v) is 3.41. The number of aryl methyl sites for hydroxylation is 2. The molecule has 0 bridgehead atoms. The summed E-state index contributed by atoms with van der Waals surface area (Å²) in [6.45, 7) is 2.02. The number of hydrogen-bond donors (Lipinski definition) is 1. The van der Waals surface area contributed by atoms with Crippen molar-refractivity contribution in [2.24, 2.45) is 7.05 Å². The van der Waals surface area contributed by atoms with E-state index in [4.69, 9.17) is 0 Å². The fraction of sp³-hybridized carbons (Fsp3) is 0.429. The number of hydrogen-bond acceptors (Lipinski definition) is 3. The molecule has 1 N–H and O–H groups in total. The molecule has 4 nitrogen and oxygen atoms in total. The Bertz CT molecular complexity index is 614. The first-order chi connectivity index (χ1) is 9.15. The molecule has 0 fully saturated rings. The Hall–Kier alpha value is -1.62. The van der Waals surface area contributed by atoms with Gasteiger partial charge in [0.25, 0.3) is 5.91 Å². The maximum absolute atomic E-state index is 12.2. The van der Waals surface area contributed by atoms with E-state index in [0.717, 1.165) is 29.0 Å². The molecular formula is C14H17N3OS. The van der Waals surface area contributed by atoms with E-state index >= 15 is 0 Å². The van der Waals surface area contributed by atoms with Gasteiger partial charge in [-0.1, -0.05) is 0 Å². The maximum Gasteiger partial charge on any atom is 0.261 e. The van der Waals surface area contributed by atoms with Crippen LogP contribution in [0.3, 0.4) is 0 Å². The van der Waals surface area contributed by atoms with Gasteiger partial charge in [0.1, 0.15) is 0 Å². The van der Waals surface area contributed by atoms with Gasteiger partial charge in [0.2, 0.25) is 0 Å². The third-order valence-electron chi connectivity index (χ3n) is 3.65. The van der Waals surface area contributed by atoms with Crippen LogP contribution in [0.4, 0.5) is 0 Å². The number of nitrogens with zero attached hydrogens (tertiary/aromatic N) is 2. The number of aromatic nitrogens is 2. The first kappa shape index (κ1) is 12.4. The van der Waals surface area contributed by atoms with Gasteiger partial charge < -0.3 is 5.32 Å². The molecule has 0 aliphatic heterocycles. The molecule has 2 aromatic rings. The highest BCUT2D eigenvalue weighted by Crippen LogP contribution is 2.29. The lowest BCUT2D eigenvalue weighted by Crippen LogP contribution is -2.30. The SMILES string of the molecule is Cc1ccc(C(=O)N[C@H]2CCCc3c2cnn3C)s1. The lowest BCUT2D eigenvalue weighted by atomic mass is 9.93. The highest BCUT2D eigenvalue weighted by Gasteiger charge is 2.25. The summed E-state index contributed by atoms with van der Waals surface area (Å²) in [7, 11) is 1.96. The Morgan fingerprint density at radius 3 is 3.11 bits per heavy atom. The summed E-state index contributed by atoms with van der Waals surface area (Å²) in [5.74, 6) is 0.0276. The molecule has 0 spiro atoms. The fourth-order valence-electron chi connectivity index (χ4n) is 2.64. The van der Waals surface area contributed by atoms with E-state index < -0.39 is 0 Å². The predicted molar refractivity (Wildman–Crippen MR) is 75.4 cm³/mol. The van der Waals surface area contributed by atoms with Crippen molar-refractivity contribution in [3.05, 3.63) is 39.3 Å². The van der Waals surface area contributed by atoms with Gasteiger partial charge >= 0.3 is 0 Å². The average Bonchev–Trinajstić information content (AvgIpc) is 2.98. The Morgan fingerprint density at radius 2 is 2.37 bits per heavy atom. The Kier molecular flexibility index (Phi) is 3.14. The first-order valence-corrected chi connectivity index (χ1v) is 7.35. The highest BCUT2D eigenvalue weighted by molar-refractivity contribution is 7.13. The summed E-state index contributed by atoms with van der Waals surface area (Å²) in [6, 6.07) is 3.98. The monoisotopic (exact) mass is 275 g/mol. The van der Waals surface area contributed by atoms with Crippen LogP contribution in [0.5, 0.6) is 0 Å². The number of carbonyl (C=O) groups excluding carboxylic acids is 1. The molecule has 5 heteroatoms. The van der Waals surface area contributed by atoms with Crippen LogP contribution >= 0.6 is 11.3 Å². The number of nitrogens with one attached hydrogen (secondary N) is 1. The number of rotatable bonds is 2. The topological polar surface area (TPSA) is 46.9 Å². The van der Waals surface area contributed by atoms with Crippen LogP contribution in [-0.4, -0.2) is 15.7 Å². The average molecular weight is 275 g/mol. The molecule has 3 rings (SSSR count). The molecule has 0 unspecified atom stereocenters. The van der Waals surface area contributed by atoms with E-state index in [0.29, 0.717) is 0 Å². The summed E-state index contributed by atoms with van der Waals surface area (Å²) in [5, 5.41) is 7.44. The van der Waals surface area contributed by atoms with Gasteiger partial charge in [-0.2, -0.15) is 5.10 Å². The van der Waals surface area contributed by atoms with E-state index in [1.165, 1.54) is 22.6 Å². The Morgan fingerprint density at radius 1 is 1.53 bits per heavy atom. The van der Waals surface area contributed by atoms with Gasteiger partial charge in [0.15, 0.2) is 0 Å². The van der Waals surface area contributed by atoms with Crippen molar-refractivity contribution in [2.75, 3.05) is 0 Å². The van der Waals surface area contributed by atoms with Gasteiger partial charge in [0, 0.05) is 23.2 Å². The van der Waals surface area contributed by atoms with E-state index in [2.05, 4.69) is 10.4 Å². The number of amides is 1. The van der Waals surface area contributed by atoms with Crippen LogP contribution in [0.1, 0.15) is 44.7 Å². The van der Waals surface area contributed by atoms with Crippen LogP contribution < -0.4 is 5.32 Å². The molecule has 1 aliphatic carbocycles. The van der Waals surface area contributed by atoms with Crippen LogP contribution in [0.15, 0.2) is 18.3 Å². The molecule has 0 aromatic carbocycles. The molecule has 1 atom stereocenters. The normalized spacial score (nSPS) is 18.1. The van der Waals surface area contributed by atoms with Crippen LogP contribution in [0.25, 0.3) is 0 Å². The van der Waals surface area contributed by atoms with Crippen molar-refractivity contribution in [2.45, 2.75) is 32.2 Å². The minimum atomic E-state index is 0.0276. The van der Waals surface area contributed by atoms with Crippen molar-refractivity contribution in [1.29, 1.82) is 0 Å². The van der Waals surface area contributed by atoms with E-state index in [1.54, 1.807) is 0 Å². The first-order valence-electron chi connectivity index (χ1n) is 6.53. The molecule has 0 saturated heterocycles. The van der Waals surface area contributed by atoms with E-state index in [-0.39, 0.29) is 11.9 Å². The quantitative estimate of drug-likeness (QED) is 0.915. The Labute approximate surface area is 116 Å². The van der Waals surface area contributed by atoms with Gasteiger partial charge in [0.05, 0.1) is 17.1 Å². The largest absolute Gasteiger partial charge is 0.344 e. The van der Waals surface area contributed by atoms with Gasteiger partial charge in [-0.3, -0.25) is 9.48 Å². The molecular weight excluding hydrogens is 258 g/mol. The zero-order valence-corrected chi connectivity index (χ0v) is 12.0. The minimum Gasteiger partial charge on any atom is -0.344 e. The third kappa shape index (κ3) is 2.30. The number of carbonyl (C=O) groups is 1. The minimum absolute atomic E-state index is 0.0276. The lowest BCUT2D eigenvalue weighted by Gasteiger charge is -2.23. The summed E-state index contributed by atoms with van der Waals surface area (Å²) in [5.41, 5.74) is 2.43. The molecule has 19 heavy (non-hydrogen) atoms. The van der Waals surface area contributed by atoms with Crippen molar-refractivity contribution >= 4 is 17.2 Å². The zero-order valence-electron chi connectivity index (χ0n) is 11.1. The van der Waals surface area contributed by atoms with Crippen LogP contribution in [-0.2, 0) is 13.5 Å². The maximum atomic E-state index is 12.2. The summed E-state index contributed by atoms with van der Waals surface area (Å²) < 4.78 is 1.92. The Balaban J connectivity index is 1.79. The standard InChI is InChI=1S/C14H17N3OS/c1-9-6-7-13(19-9)14(18)16-11-4-3-5-12-10(11)8-15-17(12)2/h6-8,11H,3-5H2,1-2H3,(H,16,18)/t11-/m0/s1. The molecule has 1 aliphatic rings.